The van der Waals surface area contributed by atoms with Crippen molar-refractivity contribution in [1.29, 1.82) is 0 Å². The van der Waals surface area contributed by atoms with Crippen LogP contribution in [0.2, 0.25) is 0 Å². The normalized spacial score (nSPS) is 11.4. The fourth-order valence-corrected chi connectivity index (χ4v) is 3.82. The van der Waals surface area contributed by atoms with Gasteiger partial charge in [0.2, 0.25) is 5.91 Å². The van der Waals surface area contributed by atoms with E-state index < -0.39 is 10.0 Å². The molecule has 154 valence electrons. The Hall–Kier alpha value is -3.38. The van der Waals surface area contributed by atoms with Gasteiger partial charge in [-0.05, 0) is 79.9 Å². The van der Waals surface area contributed by atoms with Gasteiger partial charge in [-0.2, -0.15) is 0 Å². The molecule has 3 rings (SSSR count). The molecule has 3 aromatic carbocycles. The van der Waals surface area contributed by atoms with Gasteiger partial charge in [-0.3, -0.25) is 9.52 Å². The van der Waals surface area contributed by atoms with Crippen LogP contribution in [0.25, 0.3) is 6.08 Å². The number of hydrogen-bond donors (Lipinski definition) is 2. The molecule has 0 saturated heterocycles. The Labute approximate surface area is 177 Å². The summed E-state index contributed by atoms with van der Waals surface area (Å²) in [7, 11) is -3.71. The van der Waals surface area contributed by atoms with Gasteiger partial charge < -0.3 is 5.32 Å². The molecule has 1 amide bonds. The van der Waals surface area contributed by atoms with Crippen molar-refractivity contribution >= 4 is 33.4 Å². The van der Waals surface area contributed by atoms with Gasteiger partial charge in [0.15, 0.2) is 0 Å². The van der Waals surface area contributed by atoms with Crippen molar-refractivity contribution in [2.24, 2.45) is 0 Å². The average molecular weight is 421 g/mol. The van der Waals surface area contributed by atoms with Crippen LogP contribution in [-0.2, 0) is 14.8 Å². The zero-order chi connectivity index (χ0) is 21.7. The molecule has 2 N–H and O–H groups in total. The molecule has 3 aromatic rings. The van der Waals surface area contributed by atoms with Crippen LogP contribution < -0.4 is 10.0 Å². The maximum atomic E-state index is 12.6. The first kappa shape index (κ1) is 21.3. The van der Waals surface area contributed by atoms with Crippen LogP contribution in [0.3, 0.4) is 0 Å². The molecule has 0 aliphatic carbocycles. The van der Waals surface area contributed by atoms with Crippen molar-refractivity contribution in [3.05, 3.63) is 95.1 Å². The maximum Gasteiger partial charge on any atom is 0.261 e. The molecule has 6 heteroatoms. The molecule has 0 bridgehead atoms. The fourth-order valence-electron chi connectivity index (χ4n) is 2.77. The summed E-state index contributed by atoms with van der Waals surface area (Å²) in [6.07, 6.45) is 3.16. The first-order chi connectivity index (χ1) is 14.2. The topological polar surface area (TPSA) is 75.3 Å². The number of aryl methyl sites for hydroxylation is 3. The molecule has 0 saturated carbocycles. The molecule has 0 radical (unpaired) electrons. The number of hydrogen-bond acceptors (Lipinski definition) is 3. The molecule has 0 atom stereocenters. The van der Waals surface area contributed by atoms with Gasteiger partial charge in [-0.25, -0.2) is 8.42 Å². The molecule has 0 fully saturated rings. The smallest absolute Gasteiger partial charge is 0.261 e. The van der Waals surface area contributed by atoms with Crippen molar-refractivity contribution in [2.75, 3.05) is 10.0 Å². The van der Waals surface area contributed by atoms with Gasteiger partial charge in [0.1, 0.15) is 0 Å². The molecular weight excluding hydrogens is 396 g/mol. The summed E-state index contributed by atoms with van der Waals surface area (Å²) in [5.41, 5.74) is 5.20. The lowest BCUT2D eigenvalue weighted by atomic mass is 10.1. The standard InChI is InChI=1S/C24H24N2O3S/c1-17-4-7-20(8-5-17)9-15-24(27)25-21-11-13-23(14-12-21)30(28,29)26-22-10-6-18(2)19(3)16-22/h4-16,26H,1-3H3,(H,25,27)/b15-9+. The minimum Gasteiger partial charge on any atom is -0.323 e. The molecule has 30 heavy (non-hydrogen) atoms. The third kappa shape index (κ3) is 5.58. The number of benzene rings is 3. The minimum absolute atomic E-state index is 0.119. The molecule has 0 aliphatic rings. The van der Waals surface area contributed by atoms with E-state index in [4.69, 9.17) is 0 Å². The Kier molecular flexibility index (Phi) is 6.37. The Morgan fingerprint density at radius 3 is 2.07 bits per heavy atom. The van der Waals surface area contributed by atoms with Crippen molar-refractivity contribution in [1.82, 2.24) is 0 Å². The van der Waals surface area contributed by atoms with Gasteiger partial charge in [0.05, 0.1) is 4.90 Å². The summed E-state index contributed by atoms with van der Waals surface area (Å²) in [5.74, 6) is -0.292. The van der Waals surface area contributed by atoms with Crippen molar-refractivity contribution in [2.45, 2.75) is 25.7 Å². The Bertz CT molecular complexity index is 1180. The molecular formula is C24H24N2O3S. The highest BCUT2D eigenvalue weighted by Gasteiger charge is 2.14. The number of carbonyl (C=O) groups is 1. The van der Waals surface area contributed by atoms with Gasteiger partial charge in [0, 0.05) is 17.5 Å². The third-order valence-corrected chi connectivity index (χ3v) is 6.09. The average Bonchev–Trinajstić information content (AvgIpc) is 2.70. The van der Waals surface area contributed by atoms with Crippen LogP contribution in [0.5, 0.6) is 0 Å². The third-order valence-electron chi connectivity index (χ3n) is 4.70. The number of anilines is 2. The van der Waals surface area contributed by atoms with E-state index in [9.17, 15) is 13.2 Å². The monoisotopic (exact) mass is 420 g/mol. The second-order valence-electron chi connectivity index (χ2n) is 7.16. The quantitative estimate of drug-likeness (QED) is 0.547. The SMILES string of the molecule is Cc1ccc(/C=C/C(=O)Nc2ccc(S(=O)(=O)Nc3ccc(C)c(C)c3)cc2)cc1. The lowest BCUT2D eigenvalue weighted by Crippen LogP contribution is -2.13. The number of sulfonamides is 1. The lowest BCUT2D eigenvalue weighted by molar-refractivity contribution is -0.111. The highest BCUT2D eigenvalue weighted by atomic mass is 32.2. The molecule has 0 unspecified atom stereocenters. The highest BCUT2D eigenvalue weighted by molar-refractivity contribution is 7.92. The predicted molar refractivity (Wildman–Crippen MR) is 122 cm³/mol. The Morgan fingerprint density at radius 2 is 1.43 bits per heavy atom. The molecule has 0 spiro atoms. The van der Waals surface area contributed by atoms with Crippen molar-refractivity contribution in [3.63, 3.8) is 0 Å². The van der Waals surface area contributed by atoms with E-state index in [0.717, 1.165) is 22.3 Å². The summed E-state index contributed by atoms with van der Waals surface area (Å²) < 4.78 is 27.8. The van der Waals surface area contributed by atoms with E-state index in [1.54, 1.807) is 30.3 Å². The lowest BCUT2D eigenvalue weighted by Gasteiger charge is -2.10. The Morgan fingerprint density at radius 1 is 0.800 bits per heavy atom. The van der Waals surface area contributed by atoms with E-state index >= 15 is 0 Å². The van der Waals surface area contributed by atoms with Crippen LogP contribution in [0, 0.1) is 20.8 Å². The van der Waals surface area contributed by atoms with Crippen LogP contribution >= 0.6 is 0 Å². The second-order valence-corrected chi connectivity index (χ2v) is 8.84. The number of nitrogens with one attached hydrogen (secondary N) is 2. The predicted octanol–water partition coefficient (Wildman–Crippen LogP) is 5.06. The highest BCUT2D eigenvalue weighted by Crippen LogP contribution is 2.20. The van der Waals surface area contributed by atoms with Gasteiger partial charge >= 0.3 is 0 Å². The van der Waals surface area contributed by atoms with Gasteiger partial charge in [-0.1, -0.05) is 35.9 Å². The van der Waals surface area contributed by atoms with Crippen molar-refractivity contribution in [3.8, 4) is 0 Å². The van der Waals surface area contributed by atoms with E-state index in [0.29, 0.717) is 11.4 Å². The first-order valence-electron chi connectivity index (χ1n) is 9.49. The van der Waals surface area contributed by atoms with E-state index in [1.807, 2.05) is 51.1 Å². The van der Waals surface area contributed by atoms with Gasteiger partial charge in [0.25, 0.3) is 10.0 Å². The van der Waals surface area contributed by atoms with E-state index in [1.165, 1.54) is 18.2 Å². The summed E-state index contributed by atoms with van der Waals surface area (Å²) in [4.78, 5) is 12.2. The summed E-state index contributed by atoms with van der Waals surface area (Å²) in [6, 6.07) is 19.3. The fraction of sp³-hybridized carbons (Fsp3) is 0.125. The Balaban J connectivity index is 1.65. The zero-order valence-electron chi connectivity index (χ0n) is 17.1. The van der Waals surface area contributed by atoms with Gasteiger partial charge in [-0.15, -0.1) is 0 Å². The zero-order valence-corrected chi connectivity index (χ0v) is 18.0. The summed E-state index contributed by atoms with van der Waals surface area (Å²) in [5, 5.41) is 2.72. The number of amides is 1. The van der Waals surface area contributed by atoms with Crippen molar-refractivity contribution < 1.29 is 13.2 Å². The number of rotatable bonds is 6. The molecule has 5 nitrogen and oxygen atoms in total. The molecule has 0 heterocycles. The maximum absolute atomic E-state index is 12.6. The minimum atomic E-state index is -3.71. The molecule has 0 aromatic heterocycles. The van der Waals surface area contributed by atoms with Crippen LogP contribution in [0.1, 0.15) is 22.3 Å². The van der Waals surface area contributed by atoms with Crippen LogP contribution in [-0.4, -0.2) is 14.3 Å². The number of carbonyl (C=O) groups excluding carboxylic acids is 1. The second kappa shape index (κ2) is 8.97. The first-order valence-corrected chi connectivity index (χ1v) is 11.0. The van der Waals surface area contributed by atoms with Crippen LogP contribution in [0.15, 0.2) is 77.7 Å². The van der Waals surface area contributed by atoms with E-state index in [-0.39, 0.29) is 10.8 Å². The summed E-state index contributed by atoms with van der Waals surface area (Å²) >= 11 is 0. The largest absolute Gasteiger partial charge is 0.323 e. The summed E-state index contributed by atoms with van der Waals surface area (Å²) in [6.45, 7) is 5.90. The molecule has 0 aliphatic heterocycles. The van der Waals surface area contributed by atoms with Crippen LogP contribution in [0.4, 0.5) is 11.4 Å². The van der Waals surface area contributed by atoms with E-state index in [2.05, 4.69) is 10.0 Å².